The molecule has 7 nitrogen and oxygen atoms in total. The first-order chi connectivity index (χ1) is 15.7. The zero-order valence-corrected chi connectivity index (χ0v) is 22.3. The van der Waals surface area contributed by atoms with E-state index in [1.54, 1.807) is 0 Å². The molecule has 0 saturated carbocycles. The topological polar surface area (TPSA) is 60.4 Å². The Labute approximate surface area is 215 Å². The van der Waals surface area contributed by atoms with Crippen LogP contribution in [-0.4, -0.2) is 91.1 Å². The fourth-order valence-corrected chi connectivity index (χ4v) is 5.09. The lowest BCUT2D eigenvalue weighted by atomic mass is 10.1. The molecule has 2 atom stereocenters. The van der Waals surface area contributed by atoms with Crippen LogP contribution in [0, 0.1) is 0 Å². The van der Waals surface area contributed by atoms with E-state index in [0.29, 0.717) is 18.4 Å². The fraction of sp³-hybridized carbons (Fsp3) is 0.680. The Hall–Kier alpha value is -1.39. The SMILES string of the molecule is CCNC(=NCCCN1CCCCCC1=O)N1CC2OCCN(Cc3ccccc3)C2C1.I. The van der Waals surface area contributed by atoms with Crippen LogP contribution in [0.25, 0.3) is 0 Å². The van der Waals surface area contributed by atoms with E-state index in [1.165, 1.54) is 12.0 Å². The molecule has 3 saturated heterocycles. The lowest BCUT2D eigenvalue weighted by Crippen LogP contribution is -2.50. The first-order valence-electron chi connectivity index (χ1n) is 12.4. The predicted octanol–water partition coefficient (Wildman–Crippen LogP) is 2.95. The molecule has 3 heterocycles. The molecule has 0 aromatic heterocycles. The van der Waals surface area contributed by atoms with Crippen molar-refractivity contribution in [1.29, 1.82) is 0 Å². The molecule has 1 aromatic carbocycles. The average Bonchev–Trinajstić information content (AvgIpc) is 3.15. The lowest BCUT2D eigenvalue weighted by Gasteiger charge is -2.36. The van der Waals surface area contributed by atoms with Gasteiger partial charge in [-0.25, -0.2) is 0 Å². The summed E-state index contributed by atoms with van der Waals surface area (Å²) >= 11 is 0. The van der Waals surface area contributed by atoms with Gasteiger partial charge in [0.1, 0.15) is 0 Å². The van der Waals surface area contributed by atoms with Crippen LogP contribution < -0.4 is 5.32 Å². The molecule has 0 spiro atoms. The predicted molar refractivity (Wildman–Crippen MR) is 143 cm³/mol. The standard InChI is InChI=1S/C25H39N5O2.HI/c1-2-26-25(27-13-9-15-28-14-8-4-7-12-24(28)31)30-19-22-23(20-30)32-17-16-29(22)18-21-10-5-3-6-11-21;/h3,5-6,10-11,22-23H,2,4,7-9,12-20H2,1H3,(H,26,27);1H. The first-order valence-corrected chi connectivity index (χ1v) is 12.4. The zero-order valence-electron chi connectivity index (χ0n) is 20.0. The largest absolute Gasteiger partial charge is 0.373 e. The van der Waals surface area contributed by atoms with E-state index in [0.717, 1.165) is 84.2 Å². The van der Waals surface area contributed by atoms with Gasteiger partial charge >= 0.3 is 0 Å². The number of morpholine rings is 1. The second-order valence-corrected chi connectivity index (χ2v) is 9.12. The van der Waals surface area contributed by atoms with E-state index >= 15 is 0 Å². The van der Waals surface area contributed by atoms with Crippen LogP contribution in [0.1, 0.15) is 44.6 Å². The third kappa shape index (κ3) is 7.29. The van der Waals surface area contributed by atoms with E-state index in [4.69, 9.17) is 9.73 Å². The molecule has 1 amide bonds. The van der Waals surface area contributed by atoms with Gasteiger partial charge in [-0.1, -0.05) is 36.8 Å². The third-order valence-corrected chi connectivity index (χ3v) is 6.80. The van der Waals surface area contributed by atoms with Crippen LogP contribution in [0.5, 0.6) is 0 Å². The summed E-state index contributed by atoms with van der Waals surface area (Å²) in [5.41, 5.74) is 1.36. The van der Waals surface area contributed by atoms with Crippen molar-refractivity contribution in [1.82, 2.24) is 20.0 Å². The summed E-state index contributed by atoms with van der Waals surface area (Å²) in [5.74, 6) is 1.30. The highest BCUT2D eigenvalue weighted by Crippen LogP contribution is 2.24. The molecule has 2 unspecified atom stereocenters. The molecule has 3 aliphatic heterocycles. The minimum atomic E-state index is 0. The smallest absolute Gasteiger partial charge is 0.222 e. The molecule has 0 radical (unpaired) electrons. The van der Waals surface area contributed by atoms with Crippen LogP contribution in [-0.2, 0) is 16.1 Å². The quantitative estimate of drug-likeness (QED) is 0.237. The lowest BCUT2D eigenvalue weighted by molar-refractivity contribution is -0.130. The number of likely N-dealkylation sites (tertiary alicyclic amines) is 2. The number of hydrogen-bond acceptors (Lipinski definition) is 4. The number of nitrogens with zero attached hydrogens (tertiary/aromatic N) is 4. The fourth-order valence-electron chi connectivity index (χ4n) is 5.09. The Morgan fingerprint density at radius 3 is 2.82 bits per heavy atom. The van der Waals surface area contributed by atoms with Gasteiger partial charge in [-0.2, -0.15) is 0 Å². The maximum Gasteiger partial charge on any atom is 0.222 e. The maximum atomic E-state index is 12.2. The number of fused-ring (bicyclic) bond motifs is 1. The number of aliphatic imine (C=N–C) groups is 1. The second-order valence-electron chi connectivity index (χ2n) is 9.12. The zero-order chi connectivity index (χ0) is 22.2. The number of carbonyl (C=O) groups is 1. The van der Waals surface area contributed by atoms with Crippen molar-refractivity contribution >= 4 is 35.8 Å². The number of halogens is 1. The van der Waals surface area contributed by atoms with Gasteiger partial charge in [0.2, 0.25) is 5.91 Å². The van der Waals surface area contributed by atoms with Crippen molar-refractivity contribution in [3.8, 4) is 0 Å². The monoisotopic (exact) mass is 569 g/mol. The average molecular weight is 570 g/mol. The number of nitrogens with one attached hydrogen (secondary N) is 1. The molecule has 3 fully saturated rings. The van der Waals surface area contributed by atoms with E-state index in [-0.39, 0.29) is 30.1 Å². The van der Waals surface area contributed by atoms with Crippen molar-refractivity contribution in [2.24, 2.45) is 4.99 Å². The van der Waals surface area contributed by atoms with Crippen molar-refractivity contribution in [2.45, 2.75) is 57.7 Å². The summed E-state index contributed by atoms with van der Waals surface area (Å²) in [7, 11) is 0. The van der Waals surface area contributed by atoms with Gasteiger partial charge in [0.25, 0.3) is 0 Å². The highest BCUT2D eigenvalue weighted by molar-refractivity contribution is 14.0. The molecule has 33 heavy (non-hydrogen) atoms. The summed E-state index contributed by atoms with van der Waals surface area (Å²) in [4.78, 5) is 24.1. The van der Waals surface area contributed by atoms with Gasteiger partial charge in [0.05, 0.1) is 18.8 Å². The van der Waals surface area contributed by atoms with Gasteiger partial charge < -0.3 is 19.9 Å². The Morgan fingerprint density at radius 1 is 1.15 bits per heavy atom. The summed E-state index contributed by atoms with van der Waals surface area (Å²) in [6.07, 6.45) is 5.20. The van der Waals surface area contributed by atoms with Crippen molar-refractivity contribution in [3.63, 3.8) is 0 Å². The molecule has 184 valence electrons. The van der Waals surface area contributed by atoms with Crippen molar-refractivity contribution < 1.29 is 9.53 Å². The summed E-state index contributed by atoms with van der Waals surface area (Å²) in [6.45, 7) is 9.99. The van der Waals surface area contributed by atoms with Crippen molar-refractivity contribution in [3.05, 3.63) is 35.9 Å². The molecule has 0 aliphatic carbocycles. The molecule has 0 bridgehead atoms. The molecule has 1 N–H and O–H groups in total. The van der Waals surface area contributed by atoms with Crippen LogP contribution in [0.15, 0.2) is 35.3 Å². The summed E-state index contributed by atoms with van der Waals surface area (Å²) < 4.78 is 6.15. The third-order valence-electron chi connectivity index (χ3n) is 6.80. The molecule has 4 rings (SSSR count). The van der Waals surface area contributed by atoms with Crippen molar-refractivity contribution in [2.75, 3.05) is 52.4 Å². The van der Waals surface area contributed by atoms with Gasteiger partial charge in [-0.3, -0.25) is 14.7 Å². The minimum Gasteiger partial charge on any atom is -0.373 e. The van der Waals surface area contributed by atoms with Gasteiger partial charge in [0, 0.05) is 58.8 Å². The molecule has 1 aromatic rings. The van der Waals surface area contributed by atoms with E-state index in [9.17, 15) is 4.79 Å². The number of amides is 1. The van der Waals surface area contributed by atoms with E-state index in [1.807, 2.05) is 4.90 Å². The summed E-state index contributed by atoms with van der Waals surface area (Å²) in [6, 6.07) is 11.1. The molecule has 3 aliphatic rings. The Morgan fingerprint density at radius 2 is 2.00 bits per heavy atom. The highest BCUT2D eigenvalue weighted by Gasteiger charge is 2.41. The van der Waals surface area contributed by atoms with E-state index < -0.39 is 0 Å². The number of benzene rings is 1. The molecular formula is C25H40IN5O2. The Bertz CT molecular complexity index is 762. The van der Waals surface area contributed by atoms with Gasteiger partial charge in [-0.05, 0) is 31.7 Å². The Kier molecular flexibility index (Phi) is 10.7. The minimum absolute atomic E-state index is 0. The second kappa shape index (κ2) is 13.5. The van der Waals surface area contributed by atoms with Crippen LogP contribution >= 0.6 is 24.0 Å². The number of ether oxygens (including phenoxy) is 1. The van der Waals surface area contributed by atoms with Crippen LogP contribution in [0.4, 0.5) is 0 Å². The first kappa shape index (κ1) is 26.2. The van der Waals surface area contributed by atoms with Crippen LogP contribution in [0.2, 0.25) is 0 Å². The van der Waals surface area contributed by atoms with E-state index in [2.05, 4.69) is 52.4 Å². The maximum absolute atomic E-state index is 12.2. The molecule has 8 heteroatoms. The van der Waals surface area contributed by atoms with Gasteiger partial charge in [-0.15, -0.1) is 24.0 Å². The summed E-state index contributed by atoms with van der Waals surface area (Å²) in [5, 5.41) is 3.48. The normalized spacial score (nSPS) is 24.3. The number of hydrogen-bond donors (Lipinski definition) is 1. The number of carbonyl (C=O) groups excluding carboxylic acids is 1. The number of rotatable bonds is 7. The van der Waals surface area contributed by atoms with Gasteiger partial charge in [0.15, 0.2) is 5.96 Å². The molecular weight excluding hydrogens is 529 g/mol. The highest BCUT2D eigenvalue weighted by atomic mass is 127. The Balaban J connectivity index is 0.00000306. The number of guanidine groups is 1. The van der Waals surface area contributed by atoms with Crippen LogP contribution in [0.3, 0.4) is 0 Å².